The minimum atomic E-state index is -0.823. The molecule has 0 aliphatic rings. The molecule has 1 aromatic rings. The van der Waals surface area contributed by atoms with E-state index in [1.807, 2.05) is 51.1 Å². The fourth-order valence-corrected chi connectivity index (χ4v) is 3.22. The third-order valence-electron chi connectivity index (χ3n) is 4.49. The van der Waals surface area contributed by atoms with Gasteiger partial charge in [-0.05, 0) is 46.1 Å². The molecule has 150 valence electrons. The third kappa shape index (κ3) is 8.05. The van der Waals surface area contributed by atoms with Crippen LogP contribution in [-0.4, -0.2) is 28.9 Å². The van der Waals surface area contributed by atoms with Crippen molar-refractivity contribution in [2.75, 3.05) is 6.61 Å². The van der Waals surface area contributed by atoms with Gasteiger partial charge in [-0.2, -0.15) is 0 Å². The number of amides is 1. The third-order valence-corrected chi connectivity index (χ3v) is 4.49. The summed E-state index contributed by atoms with van der Waals surface area (Å²) in [5.74, 6) is 5.97. The van der Waals surface area contributed by atoms with Crippen LogP contribution in [0.25, 0.3) is 0 Å². The number of unbranched alkanes of at least 4 members (excludes halogenated alkanes) is 2. The molecule has 0 radical (unpaired) electrons. The van der Waals surface area contributed by atoms with E-state index in [9.17, 15) is 9.90 Å². The molecular weight excluding hydrogens is 338 g/mol. The maximum absolute atomic E-state index is 12.6. The highest BCUT2D eigenvalue weighted by Crippen LogP contribution is 2.28. The minimum Gasteiger partial charge on any atom is -0.444 e. The van der Waals surface area contributed by atoms with Gasteiger partial charge in [0.2, 0.25) is 0 Å². The van der Waals surface area contributed by atoms with Gasteiger partial charge < -0.3 is 15.2 Å². The fraction of sp³-hybridized carbons (Fsp3) is 0.609. The van der Waals surface area contributed by atoms with Gasteiger partial charge in [0.05, 0.1) is 0 Å². The number of alkyl carbamates (subject to hydrolysis) is 1. The molecule has 1 amide bonds. The number of carbonyl (C=O) groups excluding carboxylic acids is 1. The van der Waals surface area contributed by atoms with E-state index in [1.165, 1.54) is 0 Å². The summed E-state index contributed by atoms with van der Waals surface area (Å²) < 4.78 is 5.49. The second-order valence-corrected chi connectivity index (χ2v) is 8.00. The first kappa shape index (κ1) is 23.0. The van der Waals surface area contributed by atoms with Crippen LogP contribution in [0.15, 0.2) is 30.3 Å². The molecule has 0 heterocycles. The van der Waals surface area contributed by atoms with Crippen LogP contribution in [0.3, 0.4) is 0 Å². The van der Waals surface area contributed by atoms with E-state index in [-0.39, 0.29) is 12.5 Å². The van der Waals surface area contributed by atoms with Crippen LogP contribution < -0.4 is 5.32 Å². The minimum absolute atomic E-state index is 0.0640. The van der Waals surface area contributed by atoms with E-state index in [0.717, 1.165) is 24.8 Å². The van der Waals surface area contributed by atoms with Gasteiger partial charge in [0.15, 0.2) is 0 Å². The first-order chi connectivity index (χ1) is 12.8. The van der Waals surface area contributed by atoms with Crippen molar-refractivity contribution in [3.05, 3.63) is 35.9 Å². The molecule has 0 bridgehead atoms. The molecule has 0 unspecified atom stereocenters. The lowest BCUT2D eigenvalue weighted by molar-refractivity contribution is 0.0412. The maximum Gasteiger partial charge on any atom is 0.408 e. The quantitative estimate of drug-likeness (QED) is 0.487. The van der Waals surface area contributed by atoms with Crippen molar-refractivity contribution in [1.29, 1.82) is 0 Å². The van der Waals surface area contributed by atoms with Gasteiger partial charge in [0, 0.05) is 12.5 Å². The molecule has 1 aromatic carbocycles. The average molecular weight is 374 g/mol. The van der Waals surface area contributed by atoms with Crippen molar-refractivity contribution in [3.63, 3.8) is 0 Å². The monoisotopic (exact) mass is 373 g/mol. The van der Waals surface area contributed by atoms with E-state index in [4.69, 9.17) is 4.74 Å². The lowest BCUT2D eigenvalue weighted by Crippen LogP contribution is -2.55. The van der Waals surface area contributed by atoms with Gasteiger partial charge in [0.25, 0.3) is 0 Å². The summed E-state index contributed by atoms with van der Waals surface area (Å²) in [7, 11) is 0. The van der Waals surface area contributed by atoms with Crippen molar-refractivity contribution in [1.82, 2.24) is 5.32 Å². The summed E-state index contributed by atoms with van der Waals surface area (Å²) in [5, 5.41) is 13.2. The highest BCUT2D eigenvalue weighted by atomic mass is 16.6. The molecule has 0 aromatic heterocycles. The Bertz CT molecular complexity index is 625. The number of ether oxygens (including phenoxy) is 1. The molecular formula is C23H35NO3. The maximum atomic E-state index is 12.6. The van der Waals surface area contributed by atoms with E-state index in [2.05, 4.69) is 24.1 Å². The molecule has 0 aliphatic carbocycles. The number of hydrogen-bond acceptors (Lipinski definition) is 3. The second-order valence-electron chi connectivity index (χ2n) is 8.00. The molecule has 2 atom stereocenters. The standard InChI is InChI=1S/C23H35NO3/c1-6-8-12-16-23(15-7-2,24-21(26)27-22(3,4)5)20(18-25)17-19-13-10-9-11-14-19/h9-11,13-14,20,25H,6,8,12,16-18H2,1-5H3,(H,24,26)/t20-,23-/m1/s1. The molecule has 4 heteroatoms. The topological polar surface area (TPSA) is 58.6 Å². The smallest absolute Gasteiger partial charge is 0.408 e. The van der Waals surface area contributed by atoms with Gasteiger partial charge in [-0.1, -0.05) is 62.4 Å². The van der Waals surface area contributed by atoms with E-state index in [0.29, 0.717) is 12.8 Å². The SMILES string of the molecule is CC#C[C@](CCCCC)(NC(=O)OC(C)(C)C)[C@@H](CO)Cc1ccccc1. The zero-order chi connectivity index (χ0) is 20.3. The van der Waals surface area contributed by atoms with Crippen LogP contribution >= 0.6 is 0 Å². The first-order valence-corrected chi connectivity index (χ1v) is 9.86. The summed E-state index contributed by atoms with van der Waals surface area (Å²) in [5.41, 5.74) is -0.301. The van der Waals surface area contributed by atoms with E-state index < -0.39 is 17.2 Å². The van der Waals surface area contributed by atoms with Crippen LogP contribution in [0.4, 0.5) is 4.79 Å². The largest absolute Gasteiger partial charge is 0.444 e. The number of hydrogen-bond donors (Lipinski definition) is 2. The van der Waals surface area contributed by atoms with Gasteiger partial charge in [0.1, 0.15) is 11.1 Å². The van der Waals surface area contributed by atoms with Gasteiger partial charge in [-0.15, -0.1) is 5.92 Å². The molecule has 0 fully saturated rings. The Kier molecular flexibility index (Phi) is 9.38. The fourth-order valence-electron chi connectivity index (χ4n) is 3.22. The van der Waals surface area contributed by atoms with Crippen LogP contribution in [0.1, 0.15) is 65.9 Å². The molecule has 2 N–H and O–H groups in total. The Morgan fingerprint density at radius 1 is 1.22 bits per heavy atom. The molecule has 27 heavy (non-hydrogen) atoms. The number of aliphatic hydroxyl groups excluding tert-OH is 1. The molecule has 0 saturated heterocycles. The summed E-state index contributed by atoms with van der Waals surface area (Å²) in [4.78, 5) is 12.6. The lowest BCUT2D eigenvalue weighted by Gasteiger charge is -2.37. The number of carbonyl (C=O) groups is 1. The normalized spacial score (nSPS) is 14.4. The Morgan fingerprint density at radius 3 is 2.41 bits per heavy atom. The summed E-state index contributed by atoms with van der Waals surface area (Å²) in [6.45, 7) is 9.36. The van der Waals surface area contributed by atoms with Crippen molar-refractivity contribution < 1.29 is 14.6 Å². The molecule has 4 nitrogen and oxygen atoms in total. The van der Waals surface area contributed by atoms with Crippen LogP contribution in [0.5, 0.6) is 0 Å². The molecule has 0 saturated carbocycles. The van der Waals surface area contributed by atoms with Crippen molar-refractivity contribution >= 4 is 6.09 Å². The lowest BCUT2D eigenvalue weighted by atomic mass is 9.77. The molecule has 0 spiro atoms. The number of rotatable bonds is 9. The predicted molar refractivity (Wildman–Crippen MR) is 110 cm³/mol. The van der Waals surface area contributed by atoms with Crippen molar-refractivity contribution in [3.8, 4) is 11.8 Å². The zero-order valence-electron chi connectivity index (χ0n) is 17.5. The van der Waals surface area contributed by atoms with Crippen LogP contribution in [0, 0.1) is 17.8 Å². The van der Waals surface area contributed by atoms with E-state index >= 15 is 0 Å². The van der Waals surface area contributed by atoms with Gasteiger partial charge in [-0.3, -0.25) is 0 Å². The number of aliphatic hydroxyl groups is 1. The molecule has 1 rings (SSSR count). The Morgan fingerprint density at radius 2 is 1.89 bits per heavy atom. The summed E-state index contributed by atoms with van der Waals surface area (Å²) in [6.07, 6.45) is 3.87. The van der Waals surface area contributed by atoms with Crippen molar-refractivity contribution in [2.24, 2.45) is 5.92 Å². The first-order valence-electron chi connectivity index (χ1n) is 9.86. The number of benzene rings is 1. The van der Waals surface area contributed by atoms with Crippen LogP contribution in [-0.2, 0) is 11.2 Å². The van der Waals surface area contributed by atoms with Gasteiger partial charge >= 0.3 is 6.09 Å². The highest BCUT2D eigenvalue weighted by molar-refractivity contribution is 5.69. The van der Waals surface area contributed by atoms with Crippen molar-refractivity contribution in [2.45, 2.75) is 77.9 Å². The summed E-state index contributed by atoms with van der Waals surface area (Å²) >= 11 is 0. The Balaban J connectivity index is 3.16. The number of nitrogens with one attached hydrogen (secondary N) is 1. The van der Waals surface area contributed by atoms with Gasteiger partial charge in [-0.25, -0.2) is 4.79 Å². The predicted octanol–water partition coefficient (Wildman–Crippen LogP) is 4.70. The Hall–Kier alpha value is -1.99. The highest BCUT2D eigenvalue weighted by Gasteiger charge is 2.39. The zero-order valence-corrected chi connectivity index (χ0v) is 17.5. The van der Waals surface area contributed by atoms with Crippen LogP contribution in [0.2, 0.25) is 0 Å². The average Bonchev–Trinajstić information content (AvgIpc) is 2.59. The second kappa shape index (κ2) is 11.0. The summed E-state index contributed by atoms with van der Waals surface area (Å²) in [6, 6.07) is 10.0. The van der Waals surface area contributed by atoms with E-state index in [1.54, 1.807) is 6.92 Å². The molecule has 0 aliphatic heterocycles. The Labute approximate surface area is 164 Å².